The molecule has 26 heavy (non-hydrogen) atoms. The molecule has 0 heterocycles. The average Bonchev–Trinajstić information content (AvgIpc) is 2.64. The number of phenols is 1. The van der Waals surface area contributed by atoms with E-state index in [0.29, 0.717) is 8.95 Å². The first-order valence-electron chi connectivity index (χ1n) is 7.75. The number of benzene rings is 3. The van der Waals surface area contributed by atoms with E-state index in [1.165, 1.54) is 6.21 Å². The molecule has 5 nitrogen and oxygen atoms in total. The number of nitrogens with one attached hydrogen (secondary N) is 2. The monoisotopic (exact) mass is 475 g/mol. The van der Waals surface area contributed by atoms with Crippen molar-refractivity contribution in [2.45, 2.75) is 0 Å². The van der Waals surface area contributed by atoms with Crippen molar-refractivity contribution in [1.29, 1.82) is 0 Å². The molecule has 3 rings (SSSR count). The summed E-state index contributed by atoms with van der Waals surface area (Å²) in [4.78, 5) is 11.9. The normalized spacial score (nSPS) is 11.0. The van der Waals surface area contributed by atoms with Crippen molar-refractivity contribution < 1.29 is 9.90 Å². The Bertz CT molecular complexity index is 966. The molecule has 0 aliphatic heterocycles. The van der Waals surface area contributed by atoms with Gasteiger partial charge in [-0.05, 0) is 72.5 Å². The summed E-state index contributed by atoms with van der Waals surface area (Å²) in [6.07, 6.45) is 1.50. The van der Waals surface area contributed by atoms with E-state index in [0.717, 1.165) is 22.0 Å². The van der Waals surface area contributed by atoms with E-state index in [9.17, 15) is 9.90 Å². The molecule has 0 bridgehead atoms. The highest BCUT2D eigenvalue weighted by Gasteiger charge is 2.05. The van der Waals surface area contributed by atoms with E-state index in [-0.39, 0.29) is 18.2 Å². The summed E-state index contributed by atoms with van der Waals surface area (Å²) in [6, 6.07) is 17.4. The van der Waals surface area contributed by atoms with Crippen LogP contribution < -0.4 is 10.7 Å². The van der Waals surface area contributed by atoms with E-state index in [1.54, 1.807) is 12.1 Å². The highest BCUT2D eigenvalue weighted by molar-refractivity contribution is 9.11. The Morgan fingerprint density at radius 3 is 2.46 bits per heavy atom. The maximum Gasteiger partial charge on any atom is 0.259 e. The Balaban J connectivity index is 1.55. The summed E-state index contributed by atoms with van der Waals surface area (Å²) >= 11 is 6.49. The van der Waals surface area contributed by atoms with Gasteiger partial charge >= 0.3 is 0 Å². The number of phenolic OH excluding ortho intramolecular Hbond substituents is 1. The van der Waals surface area contributed by atoms with Crippen molar-refractivity contribution >= 4 is 60.4 Å². The summed E-state index contributed by atoms with van der Waals surface area (Å²) in [5.41, 5.74) is 4.06. The second kappa shape index (κ2) is 8.33. The first kappa shape index (κ1) is 18.4. The number of nitrogens with zero attached hydrogens (tertiary/aromatic N) is 1. The molecule has 0 aromatic heterocycles. The highest BCUT2D eigenvalue weighted by Crippen LogP contribution is 2.32. The molecule has 0 saturated heterocycles. The summed E-state index contributed by atoms with van der Waals surface area (Å²) in [6.45, 7) is 0.110. The molecule has 3 aromatic carbocycles. The highest BCUT2D eigenvalue weighted by atomic mass is 79.9. The summed E-state index contributed by atoms with van der Waals surface area (Å²) in [5.74, 6) is -0.142. The quantitative estimate of drug-likeness (QED) is 0.371. The minimum Gasteiger partial charge on any atom is -0.506 e. The fourth-order valence-electron chi connectivity index (χ4n) is 2.36. The average molecular weight is 477 g/mol. The van der Waals surface area contributed by atoms with Gasteiger partial charge in [-0.15, -0.1) is 0 Å². The SMILES string of the molecule is O=C(CNc1ccc2ccccc2c1)N/N=C\c1cc(Br)c(O)c(Br)c1. The number of fused-ring (bicyclic) bond motifs is 1. The van der Waals surface area contributed by atoms with Gasteiger partial charge in [-0.3, -0.25) is 4.79 Å². The van der Waals surface area contributed by atoms with E-state index in [1.807, 2.05) is 42.5 Å². The van der Waals surface area contributed by atoms with Gasteiger partial charge < -0.3 is 10.4 Å². The molecular formula is C19H15Br2N3O2. The van der Waals surface area contributed by atoms with Crippen LogP contribution in [0.1, 0.15) is 5.56 Å². The smallest absolute Gasteiger partial charge is 0.259 e. The number of hydrogen-bond acceptors (Lipinski definition) is 4. The van der Waals surface area contributed by atoms with Crippen molar-refractivity contribution in [3.8, 4) is 5.75 Å². The number of halogens is 2. The van der Waals surface area contributed by atoms with Crippen molar-refractivity contribution in [3.05, 3.63) is 69.1 Å². The van der Waals surface area contributed by atoms with Crippen LogP contribution in [0.2, 0.25) is 0 Å². The Morgan fingerprint density at radius 1 is 1.04 bits per heavy atom. The topological polar surface area (TPSA) is 73.7 Å². The van der Waals surface area contributed by atoms with Crippen molar-refractivity contribution in [1.82, 2.24) is 5.43 Å². The Hall–Kier alpha value is -2.38. The van der Waals surface area contributed by atoms with Gasteiger partial charge in [0.1, 0.15) is 5.75 Å². The summed E-state index contributed by atoms with van der Waals surface area (Å²) < 4.78 is 1.08. The third kappa shape index (κ3) is 4.62. The number of anilines is 1. The van der Waals surface area contributed by atoms with Crippen LogP contribution in [0.25, 0.3) is 10.8 Å². The minimum atomic E-state index is -0.258. The van der Waals surface area contributed by atoms with Gasteiger partial charge in [0.05, 0.1) is 21.7 Å². The molecule has 3 N–H and O–H groups in total. The van der Waals surface area contributed by atoms with E-state index in [4.69, 9.17) is 0 Å². The molecule has 0 fully saturated rings. The zero-order valence-corrected chi connectivity index (χ0v) is 16.7. The third-order valence-corrected chi connectivity index (χ3v) is 4.85. The fourth-order valence-corrected chi connectivity index (χ4v) is 3.58. The minimum absolute atomic E-state index is 0.110. The standard InChI is InChI=1S/C19H15Br2N3O2/c20-16-7-12(8-17(21)19(16)26)10-23-24-18(25)11-22-15-6-5-13-3-1-2-4-14(13)9-15/h1-10,22,26H,11H2,(H,24,25)/b23-10-. The van der Waals surface area contributed by atoms with Crippen molar-refractivity contribution in [2.75, 3.05) is 11.9 Å². The van der Waals surface area contributed by atoms with Gasteiger partial charge in [-0.2, -0.15) is 5.10 Å². The Kier molecular flexibility index (Phi) is 5.90. The number of carbonyl (C=O) groups is 1. The van der Waals surface area contributed by atoms with Crippen LogP contribution in [0.15, 0.2) is 68.6 Å². The third-order valence-electron chi connectivity index (χ3n) is 3.64. The van der Waals surface area contributed by atoms with Gasteiger partial charge in [0.2, 0.25) is 0 Å². The number of rotatable bonds is 5. The van der Waals surface area contributed by atoms with Crippen LogP contribution >= 0.6 is 31.9 Å². The molecule has 7 heteroatoms. The molecule has 3 aromatic rings. The van der Waals surface area contributed by atoms with Crippen molar-refractivity contribution in [3.63, 3.8) is 0 Å². The van der Waals surface area contributed by atoms with Gasteiger partial charge in [0, 0.05) is 5.69 Å². The Morgan fingerprint density at radius 2 is 1.73 bits per heavy atom. The molecule has 0 aliphatic carbocycles. The maximum absolute atomic E-state index is 11.9. The van der Waals surface area contributed by atoms with Crippen LogP contribution in [0.5, 0.6) is 5.75 Å². The number of amides is 1. The van der Waals surface area contributed by atoms with E-state index in [2.05, 4.69) is 47.7 Å². The van der Waals surface area contributed by atoms with Gasteiger partial charge in [-0.25, -0.2) is 5.43 Å². The van der Waals surface area contributed by atoms with Crippen LogP contribution in [0.4, 0.5) is 5.69 Å². The van der Waals surface area contributed by atoms with Gasteiger partial charge in [0.25, 0.3) is 5.91 Å². The second-order valence-electron chi connectivity index (χ2n) is 5.54. The van der Waals surface area contributed by atoms with E-state index >= 15 is 0 Å². The van der Waals surface area contributed by atoms with Crippen molar-refractivity contribution in [2.24, 2.45) is 5.10 Å². The van der Waals surface area contributed by atoms with Crippen LogP contribution in [-0.4, -0.2) is 23.8 Å². The zero-order chi connectivity index (χ0) is 18.5. The first-order chi connectivity index (χ1) is 12.5. The molecule has 0 saturated carbocycles. The summed E-state index contributed by atoms with van der Waals surface area (Å²) in [5, 5.41) is 18.9. The Labute approximate surface area is 167 Å². The number of hydrogen-bond donors (Lipinski definition) is 3. The lowest BCUT2D eigenvalue weighted by molar-refractivity contribution is -0.119. The fraction of sp³-hybridized carbons (Fsp3) is 0.0526. The molecule has 0 aliphatic rings. The van der Waals surface area contributed by atoms with E-state index < -0.39 is 0 Å². The second-order valence-corrected chi connectivity index (χ2v) is 7.25. The predicted octanol–water partition coefficient (Wildman–Crippen LogP) is 4.63. The lowest BCUT2D eigenvalue weighted by atomic mass is 10.1. The van der Waals surface area contributed by atoms with Gasteiger partial charge in [0.15, 0.2) is 0 Å². The lowest BCUT2D eigenvalue weighted by Gasteiger charge is -2.07. The largest absolute Gasteiger partial charge is 0.506 e. The van der Waals surface area contributed by atoms with Crippen LogP contribution in [-0.2, 0) is 4.79 Å². The van der Waals surface area contributed by atoms with Crippen LogP contribution in [0, 0.1) is 0 Å². The van der Waals surface area contributed by atoms with Gasteiger partial charge in [-0.1, -0.05) is 30.3 Å². The molecule has 1 amide bonds. The first-order valence-corrected chi connectivity index (χ1v) is 9.34. The number of hydrazone groups is 1. The molecule has 0 spiro atoms. The van der Waals surface area contributed by atoms with Crippen LogP contribution in [0.3, 0.4) is 0 Å². The molecule has 0 unspecified atom stereocenters. The molecule has 0 radical (unpaired) electrons. The maximum atomic E-state index is 11.9. The summed E-state index contributed by atoms with van der Waals surface area (Å²) in [7, 11) is 0. The molecule has 0 atom stereocenters. The lowest BCUT2D eigenvalue weighted by Crippen LogP contribution is -2.25. The molecule has 132 valence electrons. The zero-order valence-electron chi connectivity index (χ0n) is 13.5. The molecular weight excluding hydrogens is 462 g/mol. The number of aromatic hydroxyl groups is 1. The predicted molar refractivity (Wildman–Crippen MR) is 112 cm³/mol. The number of carbonyl (C=O) groups excluding carboxylic acids is 1.